The van der Waals surface area contributed by atoms with E-state index in [1.54, 1.807) is 38.3 Å². The molecule has 220 valence electrons. The largest absolute Gasteiger partial charge is 0.507 e. The number of benzene rings is 3. The molecule has 0 bridgehead atoms. The average molecular weight is 574 g/mol. The zero-order chi connectivity index (χ0) is 30.2. The molecule has 3 N–H and O–H groups in total. The van der Waals surface area contributed by atoms with Gasteiger partial charge in [-0.25, -0.2) is 0 Å². The van der Waals surface area contributed by atoms with Crippen LogP contribution in [0.25, 0.3) is 0 Å². The van der Waals surface area contributed by atoms with Crippen molar-refractivity contribution in [1.29, 1.82) is 0 Å². The molecule has 0 radical (unpaired) electrons. The number of phenols is 2. The molecule has 0 amide bonds. The van der Waals surface area contributed by atoms with E-state index in [1.165, 1.54) is 29.9 Å². The number of methoxy groups -OCH3 is 2. The number of pyridine rings is 1. The molecule has 1 aromatic heterocycles. The number of rotatable bonds is 12. The fourth-order valence-electron chi connectivity index (χ4n) is 4.93. The van der Waals surface area contributed by atoms with Crippen LogP contribution in [0.2, 0.25) is 0 Å². The molecule has 1 atom stereocenters. The Hall–Kier alpha value is -4.92. The lowest BCUT2D eigenvalue weighted by atomic mass is 9.87. The summed E-state index contributed by atoms with van der Waals surface area (Å²) in [6.07, 6.45) is 0.813. The first kappa shape index (κ1) is 30.0. The van der Waals surface area contributed by atoms with Crippen molar-refractivity contribution in [2.24, 2.45) is 0 Å². The van der Waals surface area contributed by atoms with Crippen molar-refractivity contribution in [2.75, 3.05) is 20.8 Å². The number of esters is 1. The number of aryl methyl sites for hydroxylation is 2. The SMILES string of the molecule is COC(=O)C[C@@H](c1ccccc1OCCc1ccc(OC)cc1)c1c(O)cc(C)n(CCc2ccc(O)c(O)c2)c1=O. The van der Waals surface area contributed by atoms with Crippen LogP contribution in [-0.2, 0) is 28.9 Å². The second kappa shape index (κ2) is 13.6. The number of aromatic nitrogens is 1. The number of ether oxygens (including phenoxy) is 3. The summed E-state index contributed by atoms with van der Waals surface area (Å²) in [5, 5.41) is 30.5. The van der Waals surface area contributed by atoms with Gasteiger partial charge in [-0.3, -0.25) is 9.59 Å². The Bertz CT molecular complexity index is 1590. The summed E-state index contributed by atoms with van der Waals surface area (Å²) in [6, 6.07) is 20.8. The molecule has 0 saturated carbocycles. The number of phenolic OH excluding ortho intramolecular Hbond substituents is 2. The number of para-hydroxylation sites is 1. The molecule has 0 aliphatic rings. The van der Waals surface area contributed by atoms with Gasteiger partial charge in [0.25, 0.3) is 5.56 Å². The highest BCUT2D eigenvalue weighted by Gasteiger charge is 2.29. The predicted molar refractivity (Wildman–Crippen MR) is 158 cm³/mol. The lowest BCUT2D eigenvalue weighted by molar-refractivity contribution is -0.140. The molecule has 4 rings (SSSR count). The van der Waals surface area contributed by atoms with Crippen LogP contribution in [0.1, 0.15) is 40.3 Å². The number of aromatic hydroxyl groups is 3. The Morgan fingerprint density at radius 3 is 2.26 bits per heavy atom. The van der Waals surface area contributed by atoms with Gasteiger partial charge in [-0.15, -0.1) is 0 Å². The van der Waals surface area contributed by atoms with E-state index in [1.807, 2.05) is 30.3 Å². The molecule has 0 unspecified atom stereocenters. The fourth-order valence-corrected chi connectivity index (χ4v) is 4.93. The van der Waals surface area contributed by atoms with E-state index < -0.39 is 17.4 Å². The maximum absolute atomic E-state index is 13.9. The minimum atomic E-state index is -0.841. The Morgan fingerprint density at radius 2 is 1.57 bits per heavy atom. The van der Waals surface area contributed by atoms with Gasteiger partial charge in [0.05, 0.1) is 32.8 Å². The summed E-state index contributed by atoms with van der Waals surface area (Å²) < 4.78 is 17.9. The normalized spacial score (nSPS) is 11.6. The Morgan fingerprint density at radius 1 is 0.857 bits per heavy atom. The molecular weight excluding hydrogens is 538 g/mol. The van der Waals surface area contributed by atoms with E-state index in [4.69, 9.17) is 14.2 Å². The fraction of sp³-hybridized carbons (Fsp3) is 0.273. The van der Waals surface area contributed by atoms with Crippen LogP contribution in [0.5, 0.6) is 28.7 Å². The zero-order valence-electron chi connectivity index (χ0n) is 23.9. The third-order valence-corrected chi connectivity index (χ3v) is 7.24. The molecule has 1 heterocycles. The van der Waals surface area contributed by atoms with Gasteiger partial charge in [-0.1, -0.05) is 36.4 Å². The third-order valence-electron chi connectivity index (χ3n) is 7.24. The lowest BCUT2D eigenvalue weighted by Crippen LogP contribution is -2.29. The van der Waals surface area contributed by atoms with Crippen LogP contribution in [0.15, 0.2) is 77.6 Å². The van der Waals surface area contributed by atoms with E-state index in [0.717, 1.165) is 11.3 Å². The van der Waals surface area contributed by atoms with E-state index in [-0.39, 0.29) is 35.8 Å². The monoisotopic (exact) mass is 573 g/mol. The number of hydrogen-bond acceptors (Lipinski definition) is 8. The minimum absolute atomic E-state index is 0.0609. The van der Waals surface area contributed by atoms with Gasteiger partial charge in [-0.05, 0) is 60.9 Å². The van der Waals surface area contributed by atoms with Crippen molar-refractivity contribution in [2.45, 2.75) is 38.6 Å². The molecule has 0 spiro atoms. The predicted octanol–water partition coefficient (Wildman–Crippen LogP) is 4.84. The smallest absolute Gasteiger partial charge is 0.306 e. The first-order chi connectivity index (χ1) is 20.2. The summed E-state index contributed by atoms with van der Waals surface area (Å²) in [4.78, 5) is 26.5. The number of carbonyl (C=O) groups excluding carboxylic acids is 1. The highest BCUT2D eigenvalue weighted by atomic mass is 16.5. The van der Waals surface area contributed by atoms with Crippen molar-refractivity contribution in [1.82, 2.24) is 4.57 Å². The van der Waals surface area contributed by atoms with Crippen molar-refractivity contribution in [3.63, 3.8) is 0 Å². The van der Waals surface area contributed by atoms with E-state index >= 15 is 0 Å². The number of hydrogen-bond donors (Lipinski definition) is 3. The molecule has 0 saturated heterocycles. The van der Waals surface area contributed by atoms with Gasteiger partial charge in [0.2, 0.25) is 0 Å². The molecule has 9 nitrogen and oxygen atoms in total. The molecule has 0 aliphatic heterocycles. The van der Waals surface area contributed by atoms with Crippen LogP contribution in [-0.4, -0.2) is 46.7 Å². The standard InChI is InChI=1S/C33H35NO8/c1-21-18-29(37)32(33(39)34(21)16-14-23-10-13-27(35)28(36)19-23)26(20-31(38)41-3)25-6-4-5-7-30(25)42-17-15-22-8-11-24(40-2)12-9-22/h4-13,18-19,26,35-37H,14-17,20H2,1-3H3/t26-/m0/s1. The van der Waals surface area contributed by atoms with Crippen molar-refractivity contribution >= 4 is 5.97 Å². The number of nitrogens with zero attached hydrogens (tertiary/aromatic N) is 1. The molecule has 3 aromatic carbocycles. The lowest BCUT2D eigenvalue weighted by Gasteiger charge is -2.22. The quantitative estimate of drug-likeness (QED) is 0.162. The summed E-state index contributed by atoms with van der Waals surface area (Å²) in [7, 11) is 2.89. The maximum Gasteiger partial charge on any atom is 0.306 e. The van der Waals surface area contributed by atoms with E-state index in [0.29, 0.717) is 42.0 Å². The van der Waals surface area contributed by atoms with Gasteiger partial charge in [0, 0.05) is 30.1 Å². The Balaban J connectivity index is 1.66. The van der Waals surface area contributed by atoms with E-state index in [2.05, 4.69) is 0 Å². The highest BCUT2D eigenvalue weighted by Crippen LogP contribution is 2.37. The average Bonchev–Trinajstić information content (AvgIpc) is 2.98. The summed E-state index contributed by atoms with van der Waals surface area (Å²) >= 11 is 0. The molecule has 4 aromatic rings. The van der Waals surface area contributed by atoms with E-state index in [9.17, 15) is 24.9 Å². The highest BCUT2D eigenvalue weighted by molar-refractivity contribution is 5.72. The summed E-state index contributed by atoms with van der Waals surface area (Å²) in [5.41, 5.74) is 2.49. The van der Waals surface area contributed by atoms with Crippen molar-refractivity contribution < 1.29 is 34.3 Å². The first-order valence-corrected chi connectivity index (χ1v) is 13.6. The molecule has 0 aliphatic carbocycles. The molecule has 42 heavy (non-hydrogen) atoms. The molecule has 9 heteroatoms. The Kier molecular flexibility index (Phi) is 9.75. The second-order valence-corrected chi connectivity index (χ2v) is 9.93. The topological polar surface area (TPSA) is 127 Å². The molecular formula is C33H35NO8. The van der Waals surface area contributed by atoms with Gasteiger partial charge < -0.3 is 34.1 Å². The zero-order valence-corrected chi connectivity index (χ0v) is 23.9. The second-order valence-electron chi connectivity index (χ2n) is 9.93. The minimum Gasteiger partial charge on any atom is -0.507 e. The summed E-state index contributed by atoms with van der Waals surface area (Å²) in [5.74, 6) is -0.826. The molecule has 0 fully saturated rings. The van der Waals surface area contributed by atoms with Crippen LogP contribution in [0.3, 0.4) is 0 Å². The van der Waals surface area contributed by atoms with Crippen molar-refractivity contribution in [3.05, 3.63) is 111 Å². The summed E-state index contributed by atoms with van der Waals surface area (Å²) in [6.45, 7) is 2.30. The number of carbonyl (C=O) groups is 1. The van der Waals surface area contributed by atoms with Crippen LogP contribution in [0, 0.1) is 6.92 Å². The van der Waals surface area contributed by atoms with Gasteiger partial charge in [0.15, 0.2) is 11.5 Å². The van der Waals surface area contributed by atoms with Gasteiger partial charge >= 0.3 is 5.97 Å². The third kappa shape index (κ3) is 7.04. The van der Waals surface area contributed by atoms with Crippen molar-refractivity contribution in [3.8, 4) is 28.7 Å². The van der Waals surface area contributed by atoms with Crippen LogP contribution < -0.4 is 15.0 Å². The first-order valence-electron chi connectivity index (χ1n) is 13.6. The van der Waals surface area contributed by atoms with Gasteiger partial charge in [-0.2, -0.15) is 0 Å². The Labute approximate surface area is 244 Å². The van der Waals surface area contributed by atoms with Crippen LogP contribution in [0.4, 0.5) is 0 Å². The maximum atomic E-state index is 13.9. The van der Waals surface area contributed by atoms with Gasteiger partial charge in [0.1, 0.15) is 17.2 Å². The van der Waals surface area contributed by atoms with Crippen LogP contribution >= 0.6 is 0 Å².